The second-order valence-electron chi connectivity index (χ2n) is 2.96. The molecule has 68 valence electrons. The zero-order valence-electron chi connectivity index (χ0n) is 8.09. The first kappa shape index (κ1) is 9.52. The molecule has 1 N–H and O–H groups in total. The zero-order valence-corrected chi connectivity index (χ0v) is 8.09. The Morgan fingerprint density at radius 2 is 2.08 bits per heavy atom. The van der Waals surface area contributed by atoms with Crippen molar-refractivity contribution in [2.75, 3.05) is 0 Å². The third-order valence-electron chi connectivity index (χ3n) is 2.11. The van der Waals surface area contributed by atoms with Crippen LogP contribution in [-0.4, -0.2) is 10.3 Å². The molecule has 1 aromatic heterocycles. The molecule has 2 nitrogen and oxygen atoms in total. The molecule has 0 aliphatic carbocycles. The van der Waals surface area contributed by atoms with E-state index in [1.807, 2.05) is 17.7 Å². The van der Waals surface area contributed by atoms with Crippen molar-refractivity contribution in [3.05, 3.63) is 36.2 Å². The Hall–Kier alpha value is -1.57. The van der Waals surface area contributed by atoms with E-state index in [-0.39, 0.29) is 0 Å². The summed E-state index contributed by atoms with van der Waals surface area (Å²) in [5.74, 6) is 0. The smallest absolute Gasteiger partial charge is 0.0623 e. The first-order chi connectivity index (χ1) is 6.11. The van der Waals surface area contributed by atoms with Crippen molar-refractivity contribution in [3.63, 3.8) is 0 Å². The van der Waals surface area contributed by atoms with Gasteiger partial charge in [0.15, 0.2) is 0 Å². The lowest BCUT2D eigenvalue weighted by Gasteiger charge is -2.02. The summed E-state index contributed by atoms with van der Waals surface area (Å²) in [6.45, 7) is 9.23. The van der Waals surface area contributed by atoms with Crippen LogP contribution in [-0.2, 0) is 7.05 Å². The molecule has 0 bridgehead atoms. The summed E-state index contributed by atoms with van der Waals surface area (Å²) in [6, 6.07) is 1.95. The van der Waals surface area contributed by atoms with Gasteiger partial charge < -0.3 is 9.98 Å². The van der Waals surface area contributed by atoms with E-state index in [2.05, 4.69) is 13.2 Å². The SMILES string of the molecule is C=Cc1cc(C(C)=N)n(C)c1C=C. The van der Waals surface area contributed by atoms with Gasteiger partial charge in [0.1, 0.15) is 0 Å². The molecule has 0 aliphatic heterocycles. The Kier molecular flexibility index (Phi) is 2.52. The van der Waals surface area contributed by atoms with Gasteiger partial charge in [0.25, 0.3) is 0 Å². The van der Waals surface area contributed by atoms with Crippen LogP contribution in [0, 0.1) is 5.41 Å². The van der Waals surface area contributed by atoms with E-state index in [1.165, 1.54) is 0 Å². The molecule has 0 spiro atoms. The number of nitrogens with zero attached hydrogens (tertiary/aromatic N) is 1. The maximum atomic E-state index is 7.55. The van der Waals surface area contributed by atoms with Crippen LogP contribution in [0.15, 0.2) is 19.2 Å². The molecule has 0 saturated carbocycles. The van der Waals surface area contributed by atoms with Crippen LogP contribution in [0.3, 0.4) is 0 Å². The van der Waals surface area contributed by atoms with Crippen molar-refractivity contribution in [1.29, 1.82) is 5.41 Å². The fourth-order valence-electron chi connectivity index (χ4n) is 1.42. The minimum atomic E-state index is 0.554. The molecule has 0 radical (unpaired) electrons. The Labute approximate surface area is 78.7 Å². The highest BCUT2D eigenvalue weighted by Crippen LogP contribution is 2.17. The molecular formula is C11H14N2. The highest BCUT2D eigenvalue weighted by molar-refractivity contribution is 5.96. The van der Waals surface area contributed by atoms with Gasteiger partial charge in [-0.2, -0.15) is 0 Å². The summed E-state index contributed by atoms with van der Waals surface area (Å²) in [6.07, 6.45) is 3.56. The van der Waals surface area contributed by atoms with Gasteiger partial charge in [-0.1, -0.05) is 19.2 Å². The van der Waals surface area contributed by atoms with Crippen LogP contribution in [0.5, 0.6) is 0 Å². The second-order valence-corrected chi connectivity index (χ2v) is 2.96. The molecule has 0 fully saturated rings. The molecule has 1 aromatic rings. The summed E-state index contributed by atoms with van der Waals surface area (Å²) in [7, 11) is 1.93. The third kappa shape index (κ3) is 1.47. The highest BCUT2D eigenvalue weighted by atomic mass is 15.0. The van der Waals surface area contributed by atoms with Gasteiger partial charge >= 0.3 is 0 Å². The Morgan fingerprint density at radius 3 is 2.38 bits per heavy atom. The van der Waals surface area contributed by atoms with Gasteiger partial charge in [-0.3, -0.25) is 0 Å². The van der Waals surface area contributed by atoms with Crippen LogP contribution < -0.4 is 0 Å². The van der Waals surface area contributed by atoms with Crippen molar-refractivity contribution in [2.24, 2.45) is 7.05 Å². The first-order valence-electron chi connectivity index (χ1n) is 4.12. The molecule has 0 aromatic carbocycles. The Balaban J connectivity index is 3.42. The van der Waals surface area contributed by atoms with Crippen molar-refractivity contribution in [3.8, 4) is 0 Å². The van der Waals surface area contributed by atoms with E-state index < -0.39 is 0 Å². The topological polar surface area (TPSA) is 28.8 Å². The fourth-order valence-corrected chi connectivity index (χ4v) is 1.42. The first-order valence-corrected chi connectivity index (χ1v) is 4.12. The van der Waals surface area contributed by atoms with Crippen LogP contribution >= 0.6 is 0 Å². The van der Waals surface area contributed by atoms with Crippen molar-refractivity contribution < 1.29 is 0 Å². The van der Waals surface area contributed by atoms with Crippen LogP contribution in [0.1, 0.15) is 23.9 Å². The predicted molar refractivity (Wildman–Crippen MR) is 58.1 cm³/mol. The molecule has 0 atom stereocenters. The summed E-state index contributed by atoms with van der Waals surface area (Å²) in [5, 5.41) is 7.55. The van der Waals surface area contributed by atoms with E-state index in [9.17, 15) is 0 Å². The minimum Gasteiger partial charge on any atom is -0.343 e. The number of rotatable bonds is 3. The molecule has 13 heavy (non-hydrogen) atoms. The molecule has 0 unspecified atom stereocenters. The van der Waals surface area contributed by atoms with E-state index in [1.54, 1.807) is 19.1 Å². The van der Waals surface area contributed by atoms with Gasteiger partial charge in [-0.25, -0.2) is 0 Å². The number of aromatic nitrogens is 1. The summed E-state index contributed by atoms with van der Waals surface area (Å²) >= 11 is 0. The highest BCUT2D eigenvalue weighted by Gasteiger charge is 2.08. The quantitative estimate of drug-likeness (QED) is 0.683. The molecule has 0 amide bonds. The van der Waals surface area contributed by atoms with Gasteiger partial charge in [0, 0.05) is 12.7 Å². The second kappa shape index (κ2) is 3.44. The van der Waals surface area contributed by atoms with Crippen molar-refractivity contribution in [2.45, 2.75) is 6.92 Å². The van der Waals surface area contributed by atoms with Gasteiger partial charge in [-0.15, -0.1) is 0 Å². The van der Waals surface area contributed by atoms with Crippen molar-refractivity contribution in [1.82, 2.24) is 4.57 Å². The number of hydrogen-bond donors (Lipinski definition) is 1. The monoisotopic (exact) mass is 174 g/mol. The van der Waals surface area contributed by atoms with E-state index in [0.717, 1.165) is 17.0 Å². The fraction of sp³-hybridized carbons (Fsp3) is 0.182. The lowest BCUT2D eigenvalue weighted by atomic mass is 10.2. The average molecular weight is 174 g/mol. The minimum absolute atomic E-state index is 0.554. The van der Waals surface area contributed by atoms with Gasteiger partial charge in [0.2, 0.25) is 0 Å². The molecular weight excluding hydrogens is 160 g/mol. The molecule has 0 saturated heterocycles. The van der Waals surface area contributed by atoms with Crippen molar-refractivity contribution >= 4 is 17.9 Å². The van der Waals surface area contributed by atoms with E-state index in [0.29, 0.717) is 5.71 Å². The molecule has 1 rings (SSSR count). The standard InChI is InChI=1S/C11H14N2/c1-5-9-7-11(8(3)12)13(4)10(9)6-2/h5-7,12H,1-2H2,3-4H3. The number of nitrogens with one attached hydrogen (secondary N) is 1. The Morgan fingerprint density at radius 1 is 1.46 bits per heavy atom. The van der Waals surface area contributed by atoms with Crippen LogP contribution in [0.2, 0.25) is 0 Å². The predicted octanol–water partition coefficient (Wildman–Crippen LogP) is 2.70. The lowest BCUT2D eigenvalue weighted by Crippen LogP contribution is -2.02. The lowest BCUT2D eigenvalue weighted by molar-refractivity contribution is 0.899. The van der Waals surface area contributed by atoms with E-state index >= 15 is 0 Å². The van der Waals surface area contributed by atoms with Crippen LogP contribution in [0.4, 0.5) is 0 Å². The molecule has 2 heteroatoms. The maximum absolute atomic E-state index is 7.55. The van der Waals surface area contributed by atoms with Gasteiger partial charge in [-0.05, 0) is 24.6 Å². The molecule has 1 heterocycles. The zero-order chi connectivity index (χ0) is 10.0. The van der Waals surface area contributed by atoms with Gasteiger partial charge in [0.05, 0.1) is 11.4 Å². The Bertz CT molecular complexity index is 370. The van der Waals surface area contributed by atoms with E-state index in [4.69, 9.17) is 5.41 Å². The summed E-state index contributed by atoms with van der Waals surface area (Å²) in [5.41, 5.74) is 3.50. The largest absolute Gasteiger partial charge is 0.343 e. The van der Waals surface area contributed by atoms with Crippen LogP contribution in [0.25, 0.3) is 12.2 Å². The number of hydrogen-bond acceptors (Lipinski definition) is 1. The molecule has 0 aliphatic rings. The average Bonchev–Trinajstić information content (AvgIpc) is 2.41. The summed E-state index contributed by atoms with van der Waals surface area (Å²) in [4.78, 5) is 0. The summed E-state index contributed by atoms with van der Waals surface area (Å²) < 4.78 is 1.95. The normalized spacial score (nSPS) is 9.69. The maximum Gasteiger partial charge on any atom is 0.0623 e. The third-order valence-corrected chi connectivity index (χ3v) is 2.11.